The molecule has 1 aromatic heterocycles. The molecule has 0 aliphatic rings. The van der Waals surface area contributed by atoms with Gasteiger partial charge in [0.25, 0.3) is 0 Å². The second-order valence-corrected chi connectivity index (χ2v) is 3.03. The second-order valence-electron chi connectivity index (χ2n) is 2.67. The third-order valence-electron chi connectivity index (χ3n) is 1.82. The number of aliphatic hydroxyl groups excluding tert-OH is 1. The van der Waals surface area contributed by atoms with E-state index < -0.39 is 0 Å². The van der Waals surface area contributed by atoms with Gasteiger partial charge in [-0.05, 0) is 18.7 Å². The first-order valence-corrected chi connectivity index (χ1v) is 4.26. The molecule has 1 aromatic rings. The van der Waals surface area contributed by atoms with Crippen LogP contribution >= 0.6 is 11.6 Å². The van der Waals surface area contributed by atoms with E-state index in [1.165, 1.54) is 0 Å². The van der Waals surface area contributed by atoms with Crippen molar-refractivity contribution >= 4 is 17.3 Å². The minimum absolute atomic E-state index is 0.000742. The summed E-state index contributed by atoms with van der Waals surface area (Å²) in [7, 11) is 1.76. The van der Waals surface area contributed by atoms with E-state index in [1.54, 1.807) is 19.3 Å². The van der Waals surface area contributed by atoms with Crippen molar-refractivity contribution in [3.8, 4) is 0 Å². The highest BCUT2D eigenvalue weighted by Gasteiger charge is 2.09. The lowest BCUT2D eigenvalue weighted by atomic mass is 10.1. The van der Waals surface area contributed by atoms with Crippen molar-refractivity contribution in [1.82, 2.24) is 10.3 Å². The molecular weight excluding hydrogens is 190 g/mol. The summed E-state index contributed by atoms with van der Waals surface area (Å²) in [6.45, 7) is -0.000742. The van der Waals surface area contributed by atoms with Gasteiger partial charge in [0.15, 0.2) is 5.15 Å². The van der Waals surface area contributed by atoms with Gasteiger partial charge in [-0.25, -0.2) is 4.98 Å². The van der Waals surface area contributed by atoms with Gasteiger partial charge in [0, 0.05) is 6.20 Å². The van der Waals surface area contributed by atoms with Crippen molar-refractivity contribution in [2.45, 2.75) is 6.04 Å². The SMILES string of the molecule is CN[C@H](CO)c1cnc(Cl)c(N)c1. The molecule has 0 aliphatic heterocycles. The van der Waals surface area contributed by atoms with Crippen molar-refractivity contribution in [3.63, 3.8) is 0 Å². The van der Waals surface area contributed by atoms with Crippen LogP contribution in [0.15, 0.2) is 12.3 Å². The highest BCUT2D eigenvalue weighted by Crippen LogP contribution is 2.19. The number of pyridine rings is 1. The lowest BCUT2D eigenvalue weighted by Gasteiger charge is -2.13. The highest BCUT2D eigenvalue weighted by molar-refractivity contribution is 6.31. The van der Waals surface area contributed by atoms with E-state index in [1.807, 2.05) is 0 Å². The normalized spacial score (nSPS) is 12.8. The Hall–Kier alpha value is -0.840. The summed E-state index contributed by atoms with van der Waals surface area (Å²) in [5.74, 6) is 0. The summed E-state index contributed by atoms with van der Waals surface area (Å²) >= 11 is 5.65. The number of nitrogens with two attached hydrogens (primary N) is 1. The molecule has 0 saturated heterocycles. The number of anilines is 1. The Kier molecular flexibility index (Phi) is 3.48. The number of nitrogen functional groups attached to an aromatic ring is 1. The maximum absolute atomic E-state index is 8.98. The maximum Gasteiger partial charge on any atom is 0.151 e. The average molecular weight is 202 g/mol. The predicted molar refractivity (Wildman–Crippen MR) is 52.5 cm³/mol. The fourth-order valence-corrected chi connectivity index (χ4v) is 1.14. The highest BCUT2D eigenvalue weighted by atomic mass is 35.5. The Bertz CT molecular complexity index is 289. The van der Waals surface area contributed by atoms with E-state index in [0.29, 0.717) is 5.69 Å². The molecule has 0 fully saturated rings. The third-order valence-corrected chi connectivity index (χ3v) is 2.14. The molecule has 1 atom stereocenters. The van der Waals surface area contributed by atoms with Crippen LogP contribution in [0.4, 0.5) is 5.69 Å². The van der Waals surface area contributed by atoms with Crippen molar-refractivity contribution in [2.24, 2.45) is 0 Å². The topological polar surface area (TPSA) is 71.2 Å². The van der Waals surface area contributed by atoms with Gasteiger partial charge < -0.3 is 16.2 Å². The Morgan fingerprint density at radius 2 is 2.46 bits per heavy atom. The fourth-order valence-electron chi connectivity index (χ4n) is 1.04. The van der Waals surface area contributed by atoms with Crippen LogP contribution in [0.5, 0.6) is 0 Å². The molecule has 72 valence electrons. The van der Waals surface area contributed by atoms with E-state index in [4.69, 9.17) is 22.4 Å². The zero-order chi connectivity index (χ0) is 9.84. The molecule has 0 aliphatic carbocycles. The first-order valence-electron chi connectivity index (χ1n) is 3.88. The quantitative estimate of drug-likeness (QED) is 0.626. The zero-order valence-electron chi connectivity index (χ0n) is 7.29. The second kappa shape index (κ2) is 4.41. The summed E-state index contributed by atoms with van der Waals surface area (Å²) in [6.07, 6.45) is 1.59. The van der Waals surface area contributed by atoms with E-state index in [9.17, 15) is 0 Å². The lowest BCUT2D eigenvalue weighted by Crippen LogP contribution is -2.20. The standard InChI is InChI=1S/C8H12ClN3O/c1-11-7(4-13)5-2-6(10)8(9)12-3-5/h2-3,7,11,13H,4,10H2,1H3/t7-/m1/s1. The van der Waals surface area contributed by atoms with E-state index in [0.717, 1.165) is 5.56 Å². The van der Waals surface area contributed by atoms with E-state index in [2.05, 4.69) is 10.3 Å². The Morgan fingerprint density at radius 3 is 2.92 bits per heavy atom. The van der Waals surface area contributed by atoms with Gasteiger partial charge in [-0.3, -0.25) is 0 Å². The monoisotopic (exact) mass is 201 g/mol. The summed E-state index contributed by atoms with van der Waals surface area (Å²) in [4.78, 5) is 3.88. The number of nitrogens with zero attached hydrogens (tertiary/aromatic N) is 1. The number of halogens is 1. The molecule has 0 amide bonds. The lowest BCUT2D eigenvalue weighted by molar-refractivity contribution is 0.251. The van der Waals surface area contributed by atoms with Crippen molar-refractivity contribution in [3.05, 3.63) is 23.0 Å². The predicted octanol–water partition coefficient (Wildman–Crippen LogP) is 0.570. The first-order chi connectivity index (χ1) is 6.19. The summed E-state index contributed by atoms with van der Waals surface area (Å²) in [5.41, 5.74) is 6.81. The smallest absolute Gasteiger partial charge is 0.151 e. The molecule has 5 heteroatoms. The van der Waals surface area contributed by atoms with Gasteiger partial charge in [0.05, 0.1) is 18.3 Å². The summed E-state index contributed by atoms with van der Waals surface area (Å²) in [5, 5.41) is 12.2. The molecule has 13 heavy (non-hydrogen) atoms. The number of rotatable bonds is 3. The molecule has 1 heterocycles. The fraction of sp³-hybridized carbons (Fsp3) is 0.375. The molecule has 0 aromatic carbocycles. The van der Waals surface area contributed by atoms with Gasteiger partial charge in [0.2, 0.25) is 0 Å². The number of likely N-dealkylation sites (N-methyl/N-ethyl adjacent to an activating group) is 1. The van der Waals surface area contributed by atoms with Crippen LogP contribution in [0.2, 0.25) is 5.15 Å². The van der Waals surface area contributed by atoms with Crippen LogP contribution in [0, 0.1) is 0 Å². The van der Waals surface area contributed by atoms with E-state index >= 15 is 0 Å². The molecule has 0 unspecified atom stereocenters. The van der Waals surface area contributed by atoms with Crippen LogP contribution in [0.3, 0.4) is 0 Å². The first kappa shape index (κ1) is 10.2. The Morgan fingerprint density at radius 1 is 1.77 bits per heavy atom. The summed E-state index contributed by atoms with van der Waals surface area (Å²) in [6, 6.07) is 1.55. The van der Waals surface area contributed by atoms with Gasteiger partial charge in [0.1, 0.15) is 0 Å². The molecular formula is C8H12ClN3O. The van der Waals surface area contributed by atoms with Crippen LogP contribution in [-0.2, 0) is 0 Å². The average Bonchev–Trinajstić information content (AvgIpc) is 2.13. The van der Waals surface area contributed by atoms with Crippen molar-refractivity contribution in [2.75, 3.05) is 19.4 Å². The molecule has 1 rings (SSSR count). The molecule has 4 nitrogen and oxygen atoms in total. The minimum atomic E-state index is -0.146. The molecule has 4 N–H and O–H groups in total. The Balaban J connectivity index is 2.95. The number of aliphatic hydroxyl groups is 1. The van der Waals surface area contributed by atoms with Crippen molar-refractivity contribution < 1.29 is 5.11 Å². The third kappa shape index (κ3) is 2.30. The minimum Gasteiger partial charge on any atom is -0.396 e. The molecule has 0 radical (unpaired) electrons. The van der Waals surface area contributed by atoms with Crippen molar-refractivity contribution in [1.29, 1.82) is 0 Å². The van der Waals surface area contributed by atoms with Gasteiger partial charge >= 0.3 is 0 Å². The van der Waals surface area contributed by atoms with Gasteiger partial charge in [-0.2, -0.15) is 0 Å². The zero-order valence-corrected chi connectivity index (χ0v) is 8.04. The number of nitrogens with one attached hydrogen (secondary N) is 1. The van der Waals surface area contributed by atoms with Crippen LogP contribution in [0.25, 0.3) is 0 Å². The molecule has 0 bridgehead atoms. The largest absolute Gasteiger partial charge is 0.396 e. The maximum atomic E-state index is 8.98. The number of aromatic nitrogens is 1. The Labute approximate surface area is 81.7 Å². The number of hydrogen-bond acceptors (Lipinski definition) is 4. The summed E-state index contributed by atoms with van der Waals surface area (Å²) < 4.78 is 0. The van der Waals surface area contributed by atoms with Gasteiger partial charge in [-0.15, -0.1) is 0 Å². The molecule has 0 saturated carbocycles. The van der Waals surface area contributed by atoms with Crippen LogP contribution in [0.1, 0.15) is 11.6 Å². The van der Waals surface area contributed by atoms with Crippen LogP contribution in [-0.4, -0.2) is 23.7 Å². The van der Waals surface area contributed by atoms with E-state index in [-0.39, 0.29) is 17.8 Å². The molecule has 0 spiro atoms. The number of hydrogen-bond donors (Lipinski definition) is 3. The van der Waals surface area contributed by atoms with Gasteiger partial charge in [-0.1, -0.05) is 11.6 Å². The van der Waals surface area contributed by atoms with Crippen LogP contribution < -0.4 is 11.1 Å².